The number of rotatable bonds is 4. The van der Waals surface area contributed by atoms with Crippen LogP contribution in [0.2, 0.25) is 10.0 Å². The molecule has 1 aromatic heterocycles. The number of carbonyl (C=O) groups is 1. The number of sulfonamides is 1. The molecule has 11 heteroatoms. The van der Waals surface area contributed by atoms with Crippen molar-refractivity contribution >= 4 is 55.6 Å². The van der Waals surface area contributed by atoms with Crippen LogP contribution >= 0.6 is 34.5 Å². The first-order valence-corrected chi connectivity index (χ1v) is 10.5. The molecule has 1 aliphatic heterocycles. The summed E-state index contributed by atoms with van der Waals surface area (Å²) in [4.78, 5) is 12.2. The third-order valence-corrected chi connectivity index (χ3v) is 7.31. The second kappa shape index (κ2) is 7.55. The molecule has 1 fully saturated rings. The van der Waals surface area contributed by atoms with Crippen molar-refractivity contribution in [3.63, 3.8) is 0 Å². The third kappa shape index (κ3) is 4.12. The number of hydrogen-bond acceptors (Lipinski definition) is 6. The Bertz CT molecular complexity index is 895. The lowest BCUT2D eigenvalue weighted by molar-refractivity contribution is 0.102. The Morgan fingerprint density at radius 1 is 1.16 bits per heavy atom. The van der Waals surface area contributed by atoms with Gasteiger partial charge in [0.05, 0.1) is 10.6 Å². The molecule has 2 aromatic rings. The molecule has 2 heterocycles. The Morgan fingerprint density at radius 2 is 1.88 bits per heavy atom. The van der Waals surface area contributed by atoms with Crippen LogP contribution in [0.25, 0.3) is 0 Å². The second-order valence-corrected chi connectivity index (χ2v) is 9.35. The molecule has 0 saturated carbocycles. The van der Waals surface area contributed by atoms with E-state index in [1.807, 2.05) is 0 Å². The maximum atomic E-state index is 12.5. The summed E-state index contributed by atoms with van der Waals surface area (Å²) >= 11 is 12.6. The Hall–Kier alpha value is -1.26. The van der Waals surface area contributed by atoms with Crippen LogP contribution in [0.1, 0.15) is 29.6 Å². The van der Waals surface area contributed by atoms with Crippen molar-refractivity contribution in [2.45, 2.75) is 23.6 Å². The fourth-order valence-electron chi connectivity index (χ4n) is 2.42. The van der Waals surface area contributed by atoms with Gasteiger partial charge in [-0.05, 0) is 31.0 Å². The summed E-state index contributed by atoms with van der Waals surface area (Å²) in [6.07, 6.45) is 2.68. The molecule has 0 radical (unpaired) electrons. The summed E-state index contributed by atoms with van der Waals surface area (Å²) in [5.41, 5.74) is 0.210. The molecular formula is C14H14Cl2N4O3S2. The van der Waals surface area contributed by atoms with Gasteiger partial charge in [0.25, 0.3) is 15.9 Å². The topological polar surface area (TPSA) is 92.3 Å². The summed E-state index contributed by atoms with van der Waals surface area (Å²) in [7, 11) is -3.67. The molecule has 1 amide bonds. The predicted octanol–water partition coefficient (Wildman–Crippen LogP) is 3.27. The minimum Gasteiger partial charge on any atom is -0.296 e. The first kappa shape index (κ1) is 18.5. The van der Waals surface area contributed by atoms with E-state index in [2.05, 4.69) is 15.5 Å². The molecule has 3 rings (SSSR count). The highest BCUT2D eigenvalue weighted by Crippen LogP contribution is 2.27. The van der Waals surface area contributed by atoms with Gasteiger partial charge >= 0.3 is 0 Å². The molecule has 0 unspecified atom stereocenters. The summed E-state index contributed by atoms with van der Waals surface area (Å²) < 4.78 is 26.3. The number of amides is 1. The standard InChI is InChI=1S/C14H14Cl2N4O3S2/c15-9-4-5-10(11(16)8-9)12(21)17-13-18-19-14(24-13)25(22,23)20-6-2-1-3-7-20/h4-5,8H,1-3,6-7H2,(H,17,18,21). The van der Waals surface area contributed by atoms with Crippen LogP contribution in [-0.4, -0.2) is 41.9 Å². The lowest BCUT2D eigenvalue weighted by Gasteiger charge is -2.24. The van der Waals surface area contributed by atoms with Crippen molar-refractivity contribution in [2.75, 3.05) is 18.4 Å². The van der Waals surface area contributed by atoms with E-state index in [1.165, 1.54) is 22.5 Å². The third-order valence-electron chi connectivity index (χ3n) is 3.68. The van der Waals surface area contributed by atoms with E-state index in [9.17, 15) is 13.2 Å². The van der Waals surface area contributed by atoms with Crippen LogP contribution in [0.5, 0.6) is 0 Å². The van der Waals surface area contributed by atoms with Crippen LogP contribution < -0.4 is 5.32 Å². The molecule has 0 spiro atoms. The normalized spacial score (nSPS) is 15.9. The van der Waals surface area contributed by atoms with Crippen molar-refractivity contribution < 1.29 is 13.2 Å². The monoisotopic (exact) mass is 420 g/mol. The molecule has 1 aromatic carbocycles. The summed E-state index contributed by atoms with van der Waals surface area (Å²) in [5, 5.41) is 10.7. The highest BCUT2D eigenvalue weighted by atomic mass is 35.5. The largest absolute Gasteiger partial charge is 0.296 e. The van der Waals surface area contributed by atoms with Crippen LogP contribution in [-0.2, 0) is 10.0 Å². The number of carbonyl (C=O) groups excluding carboxylic acids is 1. The zero-order chi connectivity index (χ0) is 18.0. The fraction of sp³-hybridized carbons (Fsp3) is 0.357. The Labute approximate surface area is 159 Å². The van der Waals surface area contributed by atoms with Crippen molar-refractivity contribution in [1.29, 1.82) is 0 Å². The zero-order valence-corrected chi connectivity index (χ0v) is 16.1. The number of piperidine rings is 1. The average Bonchev–Trinajstić information content (AvgIpc) is 3.05. The van der Waals surface area contributed by atoms with Crippen LogP contribution in [0, 0.1) is 0 Å². The van der Waals surface area contributed by atoms with Gasteiger partial charge in [-0.3, -0.25) is 10.1 Å². The van der Waals surface area contributed by atoms with Crippen molar-refractivity contribution in [1.82, 2.24) is 14.5 Å². The molecule has 0 bridgehead atoms. The molecule has 0 atom stereocenters. The first-order valence-electron chi connectivity index (χ1n) is 7.48. The van der Waals surface area contributed by atoms with Crippen LogP contribution in [0.4, 0.5) is 5.13 Å². The van der Waals surface area contributed by atoms with Gasteiger partial charge in [0.1, 0.15) is 0 Å². The van der Waals surface area contributed by atoms with E-state index in [0.717, 1.165) is 30.6 Å². The van der Waals surface area contributed by atoms with E-state index in [0.29, 0.717) is 18.1 Å². The fourth-order valence-corrected chi connectivity index (χ4v) is 5.46. The Kier molecular flexibility index (Phi) is 5.59. The zero-order valence-electron chi connectivity index (χ0n) is 12.9. The van der Waals surface area contributed by atoms with Crippen LogP contribution in [0.3, 0.4) is 0 Å². The van der Waals surface area contributed by atoms with Gasteiger partial charge in [-0.2, -0.15) is 4.31 Å². The predicted molar refractivity (Wildman–Crippen MR) is 96.9 cm³/mol. The summed E-state index contributed by atoms with van der Waals surface area (Å²) in [6, 6.07) is 4.46. The highest BCUT2D eigenvalue weighted by Gasteiger charge is 2.30. The number of nitrogens with one attached hydrogen (secondary N) is 1. The number of aromatic nitrogens is 2. The second-order valence-electron chi connectivity index (χ2n) is 5.42. The molecule has 134 valence electrons. The number of anilines is 1. The number of halogens is 2. The maximum Gasteiger partial charge on any atom is 0.272 e. The van der Waals surface area contributed by atoms with Crippen LogP contribution in [0.15, 0.2) is 22.5 Å². The first-order chi connectivity index (χ1) is 11.9. The van der Waals surface area contributed by atoms with E-state index < -0.39 is 15.9 Å². The van der Waals surface area contributed by atoms with Gasteiger partial charge in [0, 0.05) is 18.1 Å². The molecule has 1 aliphatic rings. The molecule has 7 nitrogen and oxygen atoms in total. The number of benzene rings is 1. The van der Waals surface area contributed by atoms with Gasteiger partial charge in [-0.15, -0.1) is 10.2 Å². The molecule has 0 aliphatic carbocycles. The molecule has 1 saturated heterocycles. The van der Waals surface area contributed by atoms with Gasteiger partial charge in [0.15, 0.2) is 0 Å². The van der Waals surface area contributed by atoms with Crippen molar-refractivity contribution in [3.8, 4) is 0 Å². The Balaban J connectivity index is 1.76. The van der Waals surface area contributed by atoms with Gasteiger partial charge in [-0.25, -0.2) is 8.42 Å². The molecule has 25 heavy (non-hydrogen) atoms. The summed E-state index contributed by atoms with van der Waals surface area (Å²) in [5.74, 6) is -0.514. The minimum atomic E-state index is -3.67. The summed E-state index contributed by atoms with van der Waals surface area (Å²) in [6.45, 7) is 0.952. The van der Waals surface area contributed by atoms with Gasteiger partial charge in [0.2, 0.25) is 9.47 Å². The number of hydrogen-bond donors (Lipinski definition) is 1. The van der Waals surface area contributed by atoms with Crippen molar-refractivity contribution in [3.05, 3.63) is 33.8 Å². The SMILES string of the molecule is O=C(Nc1nnc(S(=O)(=O)N2CCCCC2)s1)c1ccc(Cl)cc1Cl. The Morgan fingerprint density at radius 3 is 2.56 bits per heavy atom. The van der Waals surface area contributed by atoms with E-state index in [1.54, 1.807) is 0 Å². The quantitative estimate of drug-likeness (QED) is 0.765. The van der Waals surface area contributed by atoms with Crippen molar-refractivity contribution in [2.24, 2.45) is 0 Å². The molecule has 1 N–H and O–H groups in total. The lowest BCUT2D eigenvalue weighted by Crippen LogP contribution is -2.35. The average molecular weight is 421 g/mol. The lowest BCUT2D eigenvalue weighted by atomic mass is 10.2. The van der Waals surface area contributed by atoms with E-state index >= 15 is 0 Å². The minimum absolute atomic E-state index is 0.0894. The number of nitrogens with zero attached hydrogens (tertiary/aromatic N) is 3. The smallest absolute Gasteiger partial charge is 0.272 e. The maximum absolute atomic E-state index is 12.5. The van der Waals surface area contributed by atoms with Gasteiger partial charge in [-0.1, -0.05) is 41.0 Å². The highest BCUT2D eigenvalue weighted by molar-refractivity contribution is 7.91. The van der Waals surface area contributed by atoms with E-state index in [4.69, 9.17) is 23.2 Å². The molecular weight excluding hydrogens is 407 g/mol. The van der Waals surface area contributed by atoms with E-state index in [-0.39, 0.29) is 20.1 Å². The van der Waals surface area contributed by atoms with Gasteiger partial charge < -0.3 is 0 Å².